The molecule has 1 amide bonds. The van der Waals surface area contributed by atoms with Crippen molar-refractivity contribution in [1.82, 2.24) is 0 Å². The highest BCUT2D eigenvalue weighted by Gasteiger charge is 2.29. The predicted molar refractivity (Wildman–Crippen MR) is 107 cm³/mol. The van der Waals surface area contributed by atoms with Crippen LogP contribution in [-0.2, 0) is 9.53 Å². The Morgan fingerprint density at radius 2 is 2.08 bits per heavy atom. The Balaban J connectivity index is 2.00. The van der Waals surface area contributed by atoms with E-state index in [1.54, 1.807) is 0 Å². The van der Waals surface area contributed by atoms with Gasteiger partial charge in [0.2, 0.25) is 0 Å². The average Bonchev–Trinajstić information content (AvgIpc) is 2.56. The number of aryl methyl sites for hydroxylation is 1. The van der Waals surface area contributed by atoms with Crippen LogP contribution in [0.4, 0.5) is 5.69 Å². The molecule has 0 aliphatic heterocycles. The van der Waals surface area contributed by atoms with Crippen LogP contribution >= 0.6 is 22.6 Å². The fraction of sp³-hybridized carbons (Fsp3) is 0.632. The lowest BCUT2D eigenvalue weighted by Gasteiger charge is -2.29. The second-order valence-electron chi connectivity index (χ2n) is 6.73. The highest BCUT2D eigenvalue weighted by Crippen LogP contribution is 2.28. The highest BCUT2D eigenvalue weighted by atomic mass is 127. The number of hydrogen-bond acceptors (Lipinski definition) is 3. The summed E-state index contributed by atoms with van der Waals surface area (Å²) in [5, 5.41) is 2.99. The zero-order chi connectivity index (χ0) is 17.5. The van der Waals surface area contributed by atoms with Gasteiger partial charge in [0.25, 0.3) is 5.91 Å². The molecule has 0 heterocycles. The first-order valence-corrected chi connectivity index (χ1v) is 10.0. The second-order valence-corrected chi connectivity index (χ2v) is 7.97. The number of halogens is 1. The summed E-state index contributed by atoms with van der Waals surface area (Å²) < 4.78 is 6.86. The molecule has 0 spiro atoms. The summed E-state index contributed by atoms with van der Waals surface area (Å²) in [5.74, 6) is 0.494. The van der Waals surface area contributed by atoms with Crippen molar-refractivity contribution in [2.24, 2.45) is 11.7 Å². The first-order valence-electron chi connectivity index (χ1n) is 8.95. The van der Waals surface area contributed by atoms with E-state index in [0.717, 1.165) is 21.2 Å². The summed E-state index contributed by atoms with van der Waals surface area (Å²) in [6, 6.07) is 5.72. The van der Waals surface area contributed by atoms with Crippen molar-refractivity contribution in [3.8, 4) is 0 Å². The minimum Gasteiger partial charge on any atom is -0.367 e. The van der Waals surface area contributed by atoms with Crippen molar-refractivity contribution < 1.29 is 9.53 Å². The van der Waals surface area contributed by atoms with Gasteiger partial charge in [-0.15, -0.1) is 0 Å². The summed E-state index contributed by atoms with van der Waals surface area (Å²) >= 11 is 2.27. The molecule has 0 bridgehead atoms. The monoisotopic (exact) mass is 444 g/mol. The third kappa shape index (κ3) is 5.70. The Morgan fingerprint density at radius 1 is 1.38 bits per heavy atom. The predicted octanol–water partition coefficient (Wildman–Crippen LogP) is 4.24. The molecule has 1 fully saturated rings. The zero-order valence-electron chi connectivity index (χ0n) is 14.7. The van der Waals surface area contributed by atoms with E-state index in [2.05, 4.69) is 27.9 Å². The average molecular weight is 444 g/mol. The topological polar surface area (TPSA) is 64.3 Å². The van der Waals surface area contributed by atoms with Crippen LogP contribution in [0.2, 0.25) is 0 Å². The number of hydrogen-bond donors (Lipinski definition) is 2. The summed E-state index contributed by atoms with van der Waals surface area (Å²) in [5.41, 5.74) is 8.24. The van der Waals surface area contributed by atoms with Gasteiger partial charge in [0.1, 0.15) is 0 Å². The molecule has 0 saturated heterocycles. The van der Waals surface area contributed by atoms with Crippen LogP contribution in [0.15, 0.2) is 18.2 Å². The maximum Gasteiger partial charge on any atom is 0.255 e. The van der Waals surface area contributed by atoms with Gasteiger partial charge in [-0.05, 0) is 72.5 Å². The maximum absolute atomic E-state index is 12.7. The number of ether oxygens (including phenoxy) is 1. The third-order valence-electron chi connectivity index (χ3n) is 4.77. The minimum absolute atomic E-state index is 0.135. The van der Waals surface area contributed by atoms with E-state index in [-0.39, 0.29) is 11.9 Å². The number of carbonyl (C=O) groups is 1. The van der Waals surface area contributed by atoms with Crippen molar-refractivity contribution in [3.05, 3.63) is 27.3 Å². The van der Waals surface area contributed by atoms with Crippen molar-refractivity contribution in [3.63, 3.8) is 0 Å². The van der Waals surface area contributed by atoms with Gasteiger partial charge in [-0.2, -0.15) is 0 Å². The van der Waals surface area contributed by atoms with E-state index in [0.29, 0.717) is 12.5 Å². The van der Waals surface area contributed by atoms with Crippen molar-refractivity contribution in [2.75, 3.05) is 11.9 Å². The van der Waals surface area contributed by atoms with E-state index in [9.17, 15) is 4.79 Å². The minimum atomic E-state index is -0.587. The molecule has 1 aromatic rings. The van der Waals surface area contributed by atoms with Gasteiger partial charge >= 0.3 is 0 Å². The molecule has 3 N–H and O–H groups in total. The van der Waals surface area contributed by atoms with Crippen LogP contribution in [0.5, 0.6) is 0 Å². The van der Waals surface area contributed by atoms with E-state index in [1.165, 1.54) is 32.1 Å². The van der Waals surface area contributed by atoms with Crippen molar-refractivity contribution in [1.29, 1.82) is 0 Å². The highest BCUT2D eigenvalue weighted by molar-refractivity contribution is 14.1. The Labute approximate surface area is 159 Å². The Bertz CT molecular complexity index is 544. The third-order valence-corrected chi connectivity index (χ3v) is 5.44. The first kappa shape index (κ1) is 19.7. The number of anilines is 1. The molecule has 4 nitrogen and oxygen atoms in total. The number of nitrogens with two attached hydrogens (primary N) is 1. The SMILES string of the molecule is CCOC(C(=O)Nc1ccc(I)cc1C)[C@H](N)CC1CCCCC1. The van der Waals surface area contributed by atoms with Gasteiger partial charge in [0.15, 0.2) is 6.10 Å². The van der Waals surface area contributed by atoms with Gasteiger partial charge in [-0.1, -0.05) is 32.1 Å². The number of benzene rings is 1. The quantitative estimate of drug-likeness (QED) is 0.619. The molecular formula is C19H29IN2O2. The molecule has 2 rings (SSSR count). The molecule has 1 saturated carbocycles. The molecule has 2 atom stereocenters. The molecule has 1 unspecified atom stereocenters. The molecule has 5 heteroatoms. The van der Waals surface area contributed by atoms with E-state index in [1.807, 2.05) is 32.0 Å². The molecule has 1 aliphatic carbocycles. The molecule has 24 heavy (non-hydrogen) atoms. The smallest absolute Gasteiger partial charge is 0.255 e. The molecular weight excluding hydrogens is 415 g/mol. The lowest BCUT2D eigenvalue weighted by molar-refractivity contribution is -0.128. The first-order chi connectivity index (χ1) is 11.5. The van der Waals surface area contributed by atoms with Crippen LogP contribution in [-0.4, -0.2) is 24.7 Å². The van der Waals surface area contributed by atoms with Crippen LogP contribution in [0, 0.1) is 16.4 Å². The van der Waals surface area contributed by atoms with Crippen LogP contribution in [0.25, 0.3) is 0 Å². The lowest BCUT2D eigenvalue weighted by Crippen LogP contribution is -2.46. The Hall–Kier alpha value is -0.660. The standard InChI is InChI=1S/C19H29IN2O2/c1-3-24-18(16(21)12-14-7-5-4-6-8-14)19(23)22-17-10-9-15(20)11-13(17)2/h9-11,14,16,18H,3-8,12,21H2,1-2H3,(H,22,23)/t16-,18?/m1/s1. The van der Waals surface area contributed by atoms with Gasteiger partial charge < -0.3 is 15.8 Å². The summed E-state index contributed by atoms with van der Waals surface area (Å²) in [4.78, 5) is 12.7. The van der Waals surface area contributed by atoms with Crippen molar-refractivity contribution in [2.45, 2.75) is 64.5 Å². The Morgan fingerprint density at radius 3 is 2.71 bits per heavy atom. The Kier molecular flexibility index (Phi) is 7.97. The fourth-order valence-electron chi connectivity index (χ4n) is 3.48. The number of carbonyl (C=O) groups excluding carboxylic acids is 1. The summed E-state index contributed by atoms with van der Waals surface area (Å²) in [6.07, 6.45) is 6.62. The fourth-order valence-corrected chi connectivity index (χ4v) is 4.12. The normalized spacial score (nSPS) is 18.2. The molecule has 0 aromatic heterocycles. The molecule has 134 valence electrons. The van der Waals surface area contributed by atoms with E-state index in [4.69, 9.17) is 10.5 Å². The van der Waals surface area contributed by atoms with Gasteiger partial charge in [0, 0.05) is 21.9 Å². The lowest BCUT2D eigenvalue weighted by atomic mass is 9.84. The van der Waals surface area contributed by atoms with Gasteiger partial charge in [-0.3, -0.25) is 4.79 Å². The summed E-state index contributed by atoms with van der Waals surface area (Å²) in [7, 11) is 0. The molecule has 1 aromatic carbocycles. The van der Waals surface area contributed by atoms with Gasteiger partial charge in [-0.25, -0.2) is 0 Å². The summed E-state index contributed by atoms with van der Waals surface area (Å²) in [6.45, 7) is 4.39. The van der Waals surface area contributed by atoms with Gasteiger partial charge in [0.05, 0.1) is 0 Å². The molecule has 1 aliphatic rings. The maximum atomic E-state index is 12.7. The van der Waals surface area contributed by atoms with E-state index < -0.39 is 6.10 Å². The van der Waals surface area contributed by atoms with E-state index >= 15 is 0 Å². The van der Waals surface area contributed by atoms with Crippen LogP contribution in [0.1, 0.15) is 51.0 Å². The number of rotatable bonds is 7. The molecule has 0 radical (unpaired) electrons. The zero-order valence-corrected chi connectivity index (χ0v) is 16.8. The second kappa shape index (κ2) is 9.73. The van der Waals surface area contributed by atoms with Crippen molar-refractivity contribution >= 4 is 34.2 Å². The van der Waals surface area contributed by atoms with Crippen LogP contribution < -0.4 is 11.1 Å². The largest absolute Gasteiger partial charge is 0.367 e. The van der Waals surface area contributed by atoms with Crippen LogP contribution in [0.3, 0.4) is 0 Å². The number of amides is 1. The number of nitrogens with one attached hydrogen (secondary N) is 1.